The maximum atomic E-state index is 13.8. The molecular weight excluding hydrogens is 478 g/mol. The molecule has 0 bridgehead atoms. The summed E-state index contributed by atoms with van der Waals surface area (Å²) in [5.41, 5.74) is 1.25. The molecular formula is C26H25ClF2N2O4. The Labute approximate surface area is 206 Å². The van der Waals surface area contributed by atoms with E-state index in [1.165, 1.54) is 30.5 Å². The van der Waals surface area contributed by atoms with Crippen LogP contribution in [0.1, 0.15) is 36.1 Å². The summed E-state index contributed by atoms with van der Waals surface area (Å²) < 4.78 is 33.8. The number of aliphatic hydroxyl groups is 1. The van der Waals surface area contributed by atoms with E-state index in [2.05, 4.69) is 0 Å². The highest BCUT2D eigenvalue weighted by atomic mass is 35.5. The van der Waals surface area contributed by atoms with Crippen molar-refractivity contribution < 1.29 is 23.4 Å². The molecule has 2 aromatic carbocycles. The molecule has 0 spiro atoms. The molecule has 35 heavy (non-hydrogen) atoms. The average molecular weight is 503 g/mol. The highest BCUT2D eigenvalue weighted by molar-refractivity contribution is 6.31. The summed E-state index contributed by atoms with van der Waals surface area (Å²) in [6.45, 7) is 3.97. The summed E-state index contributed by atoms with van der Waals surface area (Å²) in [7, 11) is 0. The standard InChI is InChI=1S/C26H25ClF2N2O4/c1-26(2,34)25(33)31-9-7-17-11-16(3-4-18(17)14-31)13-30-10-8-22(23(27)24(30)32)35-15-19-5-6-20(28)12-21(19)29/h3-6,8,10-12,34H,7,9,13-15H2,1-2H3. The van der Waals surface area contributed by atoms with Gasteiger partial charge in [0.2, 0.25) is 0 Å². The molecule has 3 aromatic rings. The zero-order chi connectivity index (χ0) is 25.3. The number of carbonyl (C=O) groups excluding carboxylic acids is 1. The molecule has 0 radical (unpaired) electrons. The van der Waals surface area contributed by atoms with Gasteiger partial charge in [0.25, 0.3) is 11.5 Å². The van der Waals surface area contributed by atoms with Gasteiger partial charge in [0.15, 0.2) is 0 Å². The Hall–Kier alpha value is -3.23. The SMILES string of the molecule is CC(C)(O)C(=O)N1CCc2cc(Cn3ccc(OCc4ccc(F)cc4F)c(Cl)c3=O)ccc2C1. The lowest BCUT2D eigenvalue weighted by Gasteiger charge is -2.33. The van der Waals surface area contributed by atoms with Crippen LogP contribution in [0, 0.1) is 11.6 Å². The van der Waals surface area contributed by atoms with Gasteiger partial charge in [-0.2, -0.15) is 0 Å². The zero-order valence-corrected chi connectivity index (χ0v) is 20.1. The van der Waals surface area contributed by atoms with E-state index in [4.69, 9.17) is 16.3 Å². The number of nitrogens with zero attached hydrogens (tertiary/aromatic N) is 2. The topological polar surface area (TPSA) is 71.8 Å². The maximum absolute atomic E-state index is 13.8. The fourth-order valence-electron chi connectivity index (χ4n) is 4.02. The second-order valence-electron chi connectivity index (χ2n) is 9.09. The van der Waals surface area contributed by atoms with E-state index in [-0.39, 0.29) is 35.4 Å². The zero-order valence-electron chi connectivity index (χ0n) is 19.4. The quantitative estimate of drug-likeness (QED) is 0.552. The second-order valence-corrected chi connectivity index (χ2v) is 9.47. The number of carbonyl (C=O) groups is 1. The predicted octanol–water partition coefficient (Wildman–Crippen LogP) is 4.06. The summed E-state index contributed by atoms with van der Waals surface area (Å²) in [5, 5.41) is 9.87. The Bertz CT molecular complexity index is 1330. The summed E-state index contributed by atoms with van der Waals surface area (Å²) in [6, 6.07) is 10.5. The van der Waals surface area contributed by atoms with E-state index in [1.54, 1.807) is 11.1 Å². The molecule has 0 saturated heterocycles. The number of fused-ring (bicyclic) bond motifs is 1. The van der Waals surface area contributed by atoms with Crippen LogP contribution in [0.4, 0.5) is 8.78 Å². The van der Waals surface area contributed by atoms with Crippen LogP contribution in [0.15, 0.2) is 53.5 Å². The number of aromatic nitrogens is 1. The Kier molecular flexibility index (Phi) is 6.96. The largest absolute Gasteiger partial charge is 0.487 e. The molecule has 0 atom stereocenters. The van der Waals surface area contributed by atoms with E-state index in [0.717, 1.165) is 28.8 Å². The van der Waals surface area contributed by atoms with E-state index in [1.807, 2.05) is 18.2 Å². The molecule has 1 aromatic heterocycles. The molecule has 1 N–H and O–H groups in total. The first kappa shape index (κ1) is 24.9. The third-order valence-corrected chi connectivity index (χ3v) is 6.26. The fourth-order valence-corrected chi connectivity index (χ4v) is 4.25. The monoisotopic (exact) mass is 502 g/mol. The van der Waals surface area contributed by atoms with Gasteiger partial charge < -0.3 is 19.3 Å². The van der Waals surface area contributed by atoms with Crippen LogP contribution in [0.3, 0.4) is 0 Å². The Morgan fingerprint density at radius 1 is 1.14 bits per heavy atom. The third-order valence-electron chi connectivity index (χ3n) is 5.92. The first-order valence-corrected chi connectivity index (χ1v) is 11.5. The van der Waals surface area contributed by atoms with E-state index < -0.39 is 22.8 Å². The number of pyridine rings is 1. The van der Waals surface area contributed by atoms with Gasteiger partial charge in [0.1, 0.15) is 34.6 Å². The minimum atomic E-state index is -1.42. The maximum Gasteiger partial charge on any atom is 0.273 e. The normalized spacial score (nSPS) is 13.5. The predicted molar refractivity (Wildman–Crippen MR) is 127 cm³/mol. The van der Waals surface area contributed by atoms with E-state index >= 15 is 0 Å². The Morgan fingerprint density at radius 2 is 1.91 bits per heavy atom. The minimum absolute atomic E-state index is 0.110. The molecule has 0 unspecified atom stereocenters. The molecule has 0 aliphatic carbocycles. The summed E-state index contributed by atoms with van der Waals surface area (Å²) in [4.78, 5) is 26.8. The first-order valence-electron chi connectivity index (χ1n) is 11.1. The highest BCUT2D eigenvalue weighted by Crippen LogP contribution is 2.25. The number of halogens is 3. The van der Waals surface area contributed by atoms with Crippen LogP contribution >= 0.6 is 11.6 Å². The van der Waals surface area contributed by atoms with Gasteiger partial charge in [0.05, 0.1) is 6.54 Å². The number of amides is 1. The number of benzene rings is 2. The summed E-state index contributed by atoms with van der Waals surface area (Å²) in [6.07, 6.45) is 2.20. The van der Waals surface area contributed by atoms with Crippen molar-refractivity contribution in [3.05, 3.63) is 97.9 Å². The van der Waals surface area contributed by atoms with Crippen LogP contribution < -0.4 is 10.3 Å². The molecule has 6 nitrogen and oxygen atoms in total. The van der Waals surface area contributed by atoms with Gasteiger partial charge in [0, 0.05) is 30.9 Å². The number of hydrogen-bond acceptors (Lipinski definition) is 4. The number of ether oxygens (including phenoxy) is 1. The summed E-state index contributed by atoms with van der Waals surface area (Å²) >= 11 is 6.22. The van der Waals surface area contributed by atoms with Crippen LogP contribution in [0.25, 0.3) is 0 Å². The smallest absolute Gasteiger partial charge is 0.273 e. The second kappa shape index (κ2) is 9.79. The van der Waals surface area contributed by atoms with Gasteiger partial charge >= 0.3 is 0 Å². The van der Waals surface area contributed by atoms with Gasteiger partial charge in [-0.25, -0.2) is 8.78 Å². The van der Waals surface area contributed by atoms with Crippen molar-refractivity contribution in [3.63, 3.8) is 0 Å². The first-order chi connectivity index (χ1) is 16.5. The van der Waals surface area contributed by atoms with Crippen molar-refractivity contribution in [1.29, 1.82) is 0 Å². The van der Waals surface area contributed by atoms with Crippen LogP contribution in [-0.4, -0.2) is 32.6 Å². The van der Waals surface area contributed by atoms with Crippen molar-refractivity contribution in [2.45, 2.75) is 45.6 Å². The van der Waals surface area contributed by atoms with Gasteiger partial charge in [-0.3, -0.25) is 9.59 Å². The van der Waals surface area contributed by atoms with Gasteiger partial charge in [-0.1, -0.05) is 29.8 Å². The van der Waals surface area contributed by atoms with Crippen molar-refractivity contribution in [2.75, 3.05) is 6.54 Å². The minimum Gasteiger partial charge on any atom is -0.487 e. The molecule has 0 saturated carbocycles. The molecule has 1 aliphatic rings. The van der Waals surface area contributed by atoms with Crippen LogP contribution in [-0.2, 0) is 30.9 Å². The lowest BCUT2D eigenvalue weighted by molar-refractivity contribution is -0.148. The fraction of sp³-hybridized carbons (Fsp3) is 0.308. The van der Waals surface area contributed by atoms with Crippen molar-refractivity contribution in [1.82, 2.24) is 9.47 Å². The van der Waals surface area contributed by atoms with Crippen molar-refractivity contribution >= 4 is 17.5 Å². The molecule has 2 heterocycles. The molecule has 1 aliphatic heterocycles. The lowest BCUT2D eigenvalue weighted by Crippen LogP contribution is -2.47. The summed E-state index contributed by atoms with van der Waals surface area (Å²) in [5.74, 6) is -1.63. The molecule has 4 rings (SSSR count). The Balaban J connectivity index is 1.46. The van der Waals surface area contributed by atoms with Crippen LogP contribution in [0.5, 0.6) is 5.75 Å². The van der Waals surface area contributed by atoms with E-state index in [9.17, 15) is 23.5 Å². The third kappa shape index (κ3) is 5.55. The average Bonchev–Trinajstić information content (AvgIpc) is 2.81. The lowest BCUT2D eigenvalue weighted by atomic mass is 9.96. The molecule has 1 amide bonds. The number of rotatable bonds is 6. The van der Waals surface area contributed by atoms with Crippen molar-refractivity contribution in [3.8, 4) is 5.75 Å². The van der Waals surface area contributed by atoms with Crippen LogP contribution in [0.2, 0.25) is 5.02 Å². The number of hydrogen-bond donors (Lipinski definition) is 1. The van der Waals surface area contributed by atoms with Crippen molar-refractivity contribution in [2.24, 2.45) is 0 Å². The van der Waals surface area contributed by atoms with Gasteiger partial charge in [-0.05, 0) is 55.2 Å². The highest BCUT2D eigenvalue weighted by Gasteiger charge is 2.31. The van der Waals surface area contributed by atoms with Gasteiger partial charge in [-0.15, -0.1) is 0 Å². The Morgan fingerprint density at radius 3 is 2.63 bits per heavy atom. The van der Waals surface area contributed by atoms with E-state index in [0.29, 0.717) is 19.5 Å². The molecule has 9 heteroatoms. The molecule has 184 valence electrons. The molecule has 0 fully saturated rings.